The average Bonchev–Trinajstić information content (AvgIpc) is 3.62. The van der Waals surface area contributed by atoms with Crippen molar-refractivity contribution in [1.29, 1.82) is 0 Å². The lowest BCUT2D eigenvalue weighted by Gasteiger charge is -2.33. The molecule has 2 aliphatic heterocycles. The number of amidine groups is 1. The number of fused-ring (bicyclic) bond motifs is 1. The highest BCUT2D eigenvalue weighted by Crippen LogP contribution is 2.32. The first-order valence-corrected chi connectivity index (χ1v) is 12.4. The average molecular weight is 471 g/mol. The smallest absolute Gasteiger partial charge is 0.285 e. The molecule has 1 saturated carbocycles. The Morgan fingerprint density at radius 1 is 1.00 bits per heavy atom. The quantitative estimate of drug-likeness (QED) is 0.714. The van der Waals surface area contributed by atoms with E-state index in [9.17, 15) is 22.4 Å². The van der Waals surface area contributed by atoms with Gasteiger partial charge in [0.2, 0.25) is 11.8 Å². The van der Waals surface area contributed by atoms with Crippen molar-refractivity contribution in [1.82, 2.24) is 4.90 Å². The Morgan fingerprint density at radius 2 is 1.76 bits per heavy atom. The molecule has 0 bridgehead atoms. The van der Waals surface area contributed by atoms with E-state index in [0.717, 1.165) is 12.8 Å². The Balaban J connectivity index is 1.29. The Labute approximate surface area is 190 Å². The second-order valence-corrected chi connectivity index (χ2v) is 10.2. The molecule has 2 fully saturated rings. The molecule has 5 rings (SSSR count). The van der Waals surface area contributed by atoms with Crippen molar-refractivity contribution in [2.75, 3.05) is 23.7 Å². The first kappa shape index (κ1) is 21.6. The zero-order valence-electron chi connectivity index (χ0n) is 17.8. The Morgan fingerprint density at radius 3 is 2.55 bits per heavy atom. The number of piperidine rings is 1. The van der Waals surface area contributed by atoms with Gasteiger partial charge in [0.25, 0.3) is 10.0 Å². The van der Waals surface area contributed by atoms with Crippen molar-refractivity contribution in [2.45, 2.75) is 30.6 Å². The Bertz CT molecular complexity index is 1270. The molecule has 1 aliphatic carbocycles. The number of nitrogens with zero attached hydrogens (tertiary/aromatic N) is 2. The topological polar surface area (TPSA) is 108 Å². The van der Waals surface area contributed by atoms with Crippen LogP contribution in [0.25, 0.3) is 0 Å². The van der Waals surface area contributed by atoms with Crippen molar-refractivity contribution in [3.63, 3.8) is 0 Å². The van der Waals surface area contributed by atoms with Crippen LogP contribution in [0.15, 0.2) is 51.8 Å². The molecule has 10 heteroatoms. The van der Waals surface area contributed by atoms with Gasteiger partial charge in [0, 0.05) is 30.3 Å². The van der Waals surface area contributed by atoms with E-state index >= 15 is 0 Å². The molecule has 1 atom stereocenters. The largest absolute Gasteiger partial charge is 0.355 e. The Kier molecular flexibility index (Phi) is 5.40. The van der Waals surface area contributed by atoms with Crippen LogP contribution in [0.1, 0.15) is 31.2 Å². The highest BCUT2D eigenvalue weighted by Gasteiger charge is 2.35. The summed E-state index contributed by atoms with van der Waals surface area (Å²) in [5, 5.41) is 5.38. The highest BCUT2D eigenvalue weighted by atomic mass is 32.2. The molecule has 3 aliphatic rings. The maximum absolute atomic E-state index is 14.1. The van der Waals surface area contributed by atoms with E-state index in [2.05, 4.69) is 15.0 Å². The summed E-state index contributed by atoms with van der Waals surface area (Å²) >= 11 is 0. The van der Waals surface area contributed by atoms with Crippen molar-refractivity contribution in [3.8, 4) is 0 Å². The van der Waals surface area contributed by atoms with Gasteiger partial charge in [0.05, 0.1) is 11.6 Å². The fraction of sp³-hybridized carbons (Fsp3) is 0.348. The fourth-order valence-corrected chi connectivity index (χ4v) is 5.45. The zero-order chi connectivity index (χ0) is 23.2. The van der Waals surface area contributed by atoms with Crippen LogP contribution in [0.5, 0.6) is 0 Å². The lowest BCUT2D eigenvalue weighted by molar-refractivity contribution is -0.121. The predicted octanol–water partition coefficient (Wildman–Crippen LogP) is 2.97. The minimum Gasteiger partial charge on any atom is -0.355 e. The molecule has 0 spiro atoms. The van der Waals surface area contributed by atoms with Crippen LogP contribution < -0.4 is 10.6 Å². The van der Waals surface area contributed by atoms with Gasteiger partial charge in [-0.1, -0.05) is 12.1 Å². The van der Waals surface area contributed by atoms with E-state index in [-0.39, 0.29) is 28.3 Å². The first-order chi connectivity index (χ1) is 15.8. The van der Waals surface area contributed by atoms with E-state index in [1.807, 2.05) is 4.90 Å². The van der Waals surface area contributed by atoms with Crippen LogP contribution in [-0.4, -0.2) is 44.1 Å². The van der Waals surface area contributed by atoms with Gasteiger partial charge in [-0.2, -0.15) is 8.42 Å². The summed E-state index contributed by atoms with van der Waals surface area (Å²) in [6.45, 7) is 0.918. The van der Waals surface area contributed by atoms with E-state index in [1.165, 1.54) is 24.3 Å². The summed E-state index contributed by atoms with van der Waals surface area (Å²) < 4.78 is 42.9. The maximum Gasteiger partial charge on any atom is 0.285 e. The lowest BCUT2D eigenvalue weighted by Crippen LogP contribution is -2.43. The summed E-state index contributed by atoms with van der Waals surface area (Å²) in [5.74, 6) is -1.12. The molecule has 2 heterocycles. The molecule has 2 amide bonds. The molecule has 1 unspecified atom stereocenters. The van der Waals surface area contributed by atoms with Crippen molar-refractivity contribution in [2.24, 2.45) is 16.2 Å². The number of hydrogen-bond acceptors (Lipinski definition) is 5. The zero-order valence-corrected chi connectivity index (χ0v) is 18.6. The second kappa shape index (κ2) is 8.26. The molecule has 172 valence electrons. The normalized spacial score (nSPS) is 21.2. The Hall–Kier alpha value is -3.27. The van der Waals surface area contributed by atoms with Crippen molar-refractivity contribution < 1.29 is 22.4 Å². The number of benzene rings is 2. The molecule has 0 aromatic heterocycles. The third-order valence-electron chi connectivity index (χ3n) is 6.14. The van der Waals surface area contributed by atoms with Crippen LogP contribution in [0.4, 0.5) is 15.8 Å². The number of nitrogens with one attached hydrogen (secondary N) is 2. The minimum absolute atomic E-state index is 0.0390. The number of rotatable bonds is 4. The van der Waals surface area contributed by atoms with Crippen LogP contribution in [0, 0.1) is 17.7 Å². The summed E-state index contributed by atoms with van der Waals surface area (Å²) in [7, 11) is -3.74. The van der Waals surface area contributed by atoms with E-state index < -0.39 is 21.8 Å². The third-order valence-corrected chi connectivity index (χ3v) is 7.47. The molecule has 8 nitrogen and oxygen atoms in total. The summed E-state index contributed by atoms with van der Waals surface area (Å²) in [6, 6.07) is 10.7. The summed E-state index contributed by atoms with van der Waals surface area (Å²) in [4.78, 5) is 27.0. The van der Waals surface area contributed by atoms with Gasteiger partial charge in [-0.15, -0.1) is 4.40 Å². The number of likely N-dealkylation sites (tertiary alicyclic amines) is 1. The molecule has 2 aromatic rings. The fourth-order valence-electron chi connectivity index (χ4n) is 4.22. The number of halogens is 1. The third kappa shape index (κ3) is 4.35. The van der Waals surface area contributed by atoms with Crippen molar-refractivity contribution in [3.05, 3.63) is 53.8 Å². The summed E-state index contributed by atoms with van der Waals surface area (Å²) in [5.41, 5.74) is 0.973. The first-order valence-electron chi connectivity index (χ1n) is 10.9. The van der Waals surface area contributed by atoms with Gasteiger partial charge in [-0.3, -0.25) is 9.59 Å². The van der Waals surface area contributed by atoms with Gasteiger partial charge >= 0.3 is 0 Å². The summed E-state index contributed by atoms with van der Waals surface area (Å²) in [6.07, 6.45) is 2.94. The molecule has 0 radical (unpaired) electrons. The standard InChI is InChI=1S/C23H23FN4O4S/c24-18-10-9-16(12-19(18)26-22(29)14-7-8-14)25-23(30)15-4-3-11-28(13-15)21-17-5-1-2-6-20(17)33(31,32)27-21/h1-2,5-6,9-10,12,14-15H,3-4,7-8,11,13H2,(H,25,30)(H,26,29). The molecular weight excluding hydrogens is 447 g/mol. The molecule has 33 heavy (non-hydrogen) atoms. The second-order valence-electron chi connectivity index (χ2n) is 8.62. The van der Waals surface area contributed by atoms with Gasteiger partial charge < -0.3 is 15.5 Å². The highest BCUT2D eigenvalue weighted by molar-refractivity contribution is 7.90. The van der Waals surface area contributed by atoms with E-state index in [1.54, 1.807) is 18.2 Å². The predicted molar refractivity (Wildman–Crippen MR) is 121 cm³/mol. The maximum atomic E-state index is 14.1. The van der Waals surface area contributed by atoms with Gasteiger partial charge in [0.1, 0.15) is 10.7 Å². The van der Waals surface area contributed by atoms with E-state index in [4.69, 9.17) is 0 Å². The number of carbonyl (C=O) groups is 2. The van der Waals surface area contributed by atoms with Crippen LogP contribution in [0.2, 0.25) is 0 Å². The monoisotopic (exact) mass is 470 g/mol. The van der Waals surface area contributed by atoms with E-state index in [0.29, 0.717) is 43.0 Å². The lowest BCUT2D eigenvalue weighted by atomic mass is 9.96. The number of amides is 2. The van der Waals surface area contributed by atoms with Gasteiger partial charge in [0.15, 0.2) is 5.84 Å². The molecule has 2 aromatic carbocycles. The molecule has 2 N–H and O–H groups in total. The molecule has 1 saturated heterocycles. The number of carbonyl (C=O) groups excluding carboxylic acids is 2. The number of sulfonamides is 1. The van der Waals surface area contributed by atoms with Gasteiger partial charge in [-0.25, -0.2) is 4.39 Å². The number of anilines is 2. The number of hydrogen-bond donors (Lipinski definition) is 2. The minimum atomic E-state index is -3.74. The van der Waals surface area contributed by atoms with Crippen LogP contribution in [-0.2, 0) is 19.6 Å². The SMILES string of the molecule is O=C(Nc1ccc(F)c(NC(=O)C2CC2)c1)C1CCCN(C2=NS(=O)(=O)c3ccccc32)C1. The van der Waals surface area contributed by atoms with Crippen LogP contribution in [0.3, 0.4) is 0 Å². The van der Waals surface area contributed by atoms with Crippen molar-refractivity contribution >= 4 is 39.0 Å². The van der Waals surface area contributed by atoms with Crippen LogP contribution >= 0.6 is 0 Å². The van der Waals surface area contributed by atoms with Gasteiger partial charge in [-0.05, 0) is 56.0 Å². The molecular formula is C23H23FN4O4S.